The van der Waals surface area contributed by atoms with Gasteiger partial charge in [-0.15, -0.1) is 11.3 Å². The predicted octanol–water partition coefficient (Wildman–Crippen LogP) is 1.04. The number of aliphatic hydroxyl groups is 1. The van der Waals surface area contributed by atoms with Crippen LogP contribution in [0.25, 0.3) is 0 Å². The Morgan fingerprint density at radius 2 is 2.41 bits per heavy atom. The van der Waals surface area contributed by atoms with E-state index >= 15 is 0 Å². The first-order valence-electron chi connectivity index (χ1n) is 5.73. The highest BCUT2D eigenvalue weighted by Crippen LogP contribution is 2.29. The number of aromatic nitrogens is 1. The summed E-state index contributed by atoms with van der Waals surface area (Å²) in [4.78, 5) is 5.31. The largest absolute Gasteiger partial charge is 0.396 e. The monoisotopic (exact) mass is 275 g/mol. The van der Waals surface area contributed by atoms with E-state index in [1.165, 1.54) is 0 Å². The quantitative estimate of drug-likeness (QED) is 0.891. The highest BCUT2D eigenvalue weighted by molar-refractivity contribution is 7.91. The van der Waals surface area contributed by atoms with Crippen molar-refractivity contribution in [3.8, 4) is 0 Å². The number of thiazole rings is 1. The van der Waals surface area contributed by atoms with Gasteiger partial charge in [0, 0.05) is 17.7 Å². The van der Waals surface area contributed by atoms with Crippen LogP contribution in [0.2, 0.25) is 0 Å². The number of hydrogen-bond acceptors (Lipinski definition) is 5. The van der Waals surface area contributed by atoms with E-state index in [2.05, 4.69) is 4.98 Å². The van der Waals surface area contributed by atoms with E-state index in [1.54, 1.807) is 11.3 Å². The Labute approximate surface area is 106 Å². The third-order valence-electron chi connectivity index (χ3n) is 3.30. The van der Waals surface area contributed by atoms with Crippen LogP contribution in [0.1, 0.15) is 16.3 Å². The molecule has 1 aliphatic rings. The maximum atomic E-state index is 11.4. The molecule has 1 fully saturated rings. The molecule has 0 radical (unpaired) electrons. The van der Waals surface area contributed by atoms with E-state index in [0.717, 1.165) is 16.3 Å². The van der Waals surface area contributed by atoms with Gasteiger partial charge in [0.15, 0.2) is 9.84 Å². The van der Waals surface area contributed by atoms with Gasteiger partial charge < -0.3 is 5.11 Å². The molecular weight excluding hydrogens is 258 g/mol. The van der Waals surface area contributed by atoms with Crippen molar-refractivity contribution in [2.24, 2.45) is 11.8 Å². The SMILES string of the molecule is Cc1ncc(CC(CO)C2CCS(=O)(=O)C2)s1. The lowest BCUT2D eigenvalue weighted by Gasteiger charge is -2.18. The molecule has 6 heteroatoms. The number of nitrogens with zero attached hydrogens (tertiary/aromatic N) is 1. The van der Waals surface area contributed by atoms with Crippen molar-refractivity contribution in [3.63, 3.8) is 0 Å². The molecule has 0 spiro atoms. The van der Waals surface area contributed by atoms with Gasteiger partial charge in [-0.25, -0.2) is 13.4 Å². The maximum Gasteiger partial charge on any atom is 0.150 e. The van der Waals surface area contributed by atoms with Crippen molar-refractivity contribution in [1.82, 2.24) is 4.98 Å². The third-order valence-corrected chi connectivity index (χ3v) is 6.03. The molecule has 2 atom stereocenters. The smallest absolute Gasteiger partial charge is 0.150 e. The Morgan fingerprint density at radius 3 is 2.88 bits per heavy atom. The van der Waals surface area contributed by atoms with Crippen molar-refractivity contribution >= 4 is 21.2 Å². The number of sulfone groups is 1. The molecule has 0 aliphatic carbocycles. The fourth-order valence-corrected chi connectivity index (χ4v) is 5.14. The molecule has 2 unspecified atom stereocenters. The Balaban J connectivity index is 2.02. The molecule has 1 saturated heterocycles. The molecule has 1 aliphatic heterocycles. The number of aryl methyl sites for hydroxylation is 1. The van der Waals surface area contributed by atoms with Gasteiger partial charge in [-0.2, -0.15) is 0 Å². The van der Waals surface area contributed by atoms with Gasteiger partial charge in [0.25, 0.3) is 0 Å². The fraction of sp³-hybridized carbons (Fsp3) is 0.727. The number of hydrogen-bond donors (Lipinski definition) is 1. The molecule has 1 aromatic rings. The van der Waals surface area contributed by atoms with Crippen molar-refractivity contribution in [2.75, 3.05) is 18.1 Å². The summed E-state index contributed by atoms with van der Waals surface area (Å²) < 4.78 is 22.9. The fourth-order valence-electron chi connectivity index (χ4n) is 2.33. The molecule has 2 heterocycles. The summed E-state index contributed by atoms with van der Waals surface area (Å²) in [7, 11) is -2.86. The van der Waals surface area contributed by atoms with Gasteiger partial charge in [-0.05, 0) is 31.6 Å². The van der Waals surface area contributed by atoms with Gasteiger partial charge in [0.1, 0.15) is 0 Å². The maximum absolute atomic E-state index is 11.4. The van der Waals surface area contributed by atoms with Crippen LogP contribution in [0.4, 0.5) is 0 Å². The van der Waals surface area contributed by atoms with E-state index in [9.17, 15) is 13.5 Å². The van der Waals surface area contributed by atoms with E-state index < -0.39 is 9.84 Å². The lowest BCUT2D eigenvalue weighted by atomic mass is 9.89. The molecule has 96 valence electrons. The van der Waals surface area contributed by atoms with Gasteiger partial charge in [0.05, 0.1) is 16.5 Å². The first kappa shape index (κ1) is 13.0. The summed E-state index contributed by atoms with van der Waals surface area (Å²) >= 11 is 1.62. The zero-order valence-corrected chi connectivity index (χ0v) is 11.4. The van der Waals surface area contributed by atoms with Crippen LogP contribution in [0.15, 0.2) is 6.20 Å². The average molecular weight is 275 g/mol. The summed E-state index contributed by atoms with van der Waals surface area (Å²) in [6.45, 7) is 2.00. The van der Waals surface area contributed by atoms with Crippen LogP contribution in [-0.4, -0.2) is 36.6 Å². The van der Waals surface area contributed by atoms with E-state index in [-0.39, 0.29) is 29.9 Å². The van der Waals surface area contributed by atoms with Crippen LogP contribution in [-0.2, 0) is 16.3 Å². The topological polar surface area (TPSA) is 67.3 Å². The number of rotatable bonds is 4. The van der Waals surface area contributed by atoms with Crippen molar-refractivity contribution in [2.45, 2.75) is 19.8 Å². The average Bonchev–Trinajstić information content (AvgIpc) is 2.81. The normalized spacial score (nSPS) is 24.9. The molecule has 1 aromatic heterocycles. The molecule has 2 rings (SSSR count). The summed E-state index contributed by atoms with van der Waals surface area (Å²) in [5.41, 5.74) is 0. The Kier molecular flexibility index (Phi) is 3.85. The second-order valence-electron chi connectivity index (χ2n) is 4.66. The van der Waals surface area contributed by atoms with Crippen LogP contribution in [0.3, 0.4) is 0 Å². The molecule has 0 amide bonds. The molecular formula is C11H17NO3S2. The van der Waals surface area contributed by atoms with E-state index in [1.807, 2.05) is 13.1 Å². The van der Waals surface area contributed by atoms with Crippen molar-refractivity contribution in [3.05, 3.63) is 16.1 Å². The summed E-state index contributed by atoms with van der Waals surface area (Å²) in [6.07, 6.45) is 3.25. The van der Waals surface area contributed by atoms with E-state index in [0.29, 0.717) is 6.42 Å². The lowest BCUT2D eigenvalue weighted by molar-refractivity contribution is 0.184. The van der Waals surface area contributed by atoms with Crippen LogP contribution in [0.5, 0.6) is 0 Å². The number of aliphatic hydroxyl groups excluding tert-OH is 1. The van der Waals surface area contributed by atoms with Crippen LogP contribution >= 0.6 is 11.3 Å². The lowest BCUT2D eigenvalue weighted by Crippen LogP contribution is -2.21. The minimum absolute atomic E-state index is 0.0483. The molecule has 17 heavy (non-hydrogen) atoms. The molecule has 1 N–H and O–H groups in total. The molecule has 0 bridgehead atoms. The Bertz CT molecular complexity index is 481. The van der Waals surface area contributed by atoms with Crippen molar-refractivity contribution < 1.29 is 13.5 Å². The van der Waals surface area contributed by atoms with Crippen LogP contribution < -0.4 is 0 Å². The first-order chi connectivity index (χ1) is 8.00. The predicted molar refractivity (Wildman–Crippen MR) is 67.9 cm³/mol. The van der Waals surface area contributed by atoms with Crippen LogP contribution in [0, 0.1) is 18.8 Å². The zero-order chi connectivity index (χ0) is 12.5. The minimum Gasteiger partial charge on any atom is -0.396 e. The van der Waals surface area contributed by atoms with Gasteiger partial charge in [-0.3, -0.25) is 0 Å². The highest BCUT2D eigenvalue weighted by Gasteiger charge is 2.33. The molecule has 0 aromatic carbocycles. The molecule has 4 nitrogen and oxygen atoms in total. The Hall–Kier alpha value is -0.460. The van der Waals surface area contributed by atoms with Gasteiger partial charge in [-0.1, -0.05) is 0 Å². The summed E-state index contributed by atoms with van der Waals surface area (Å²) in [5, 5.41) is 10.4. The van der Waals surface area contributed by atoms with Gasteiger partial charge >= 0.3 is 0 Å². The molecule has 0 saturated carbocycles. The Morgan fingerprint density at radius 1 is 1.65 bits per heavy atom. The standard InChI is InChI=1S/C11H17NO3S2/c1-8-12-5-11(16-8)4-10(6-13)9-2-3-17(14,15)7-9/h5,9-10,13H,2-4,6-7H2,1H3. The third kappa shape index (κ3) is 3.26. The zero-order valence-electron chi connectivity index (χ0n) is 9.80. The summed E-state index contributed by atoms with van der Waals surface area (Å²) in [5.74, 6) is 0.658. The first-order valence-corrected chi connectivity index (χ1v) is 8.36. The highest BCUT2D eigenvalue weighted by atomic mass is 32.2. The van der Waals surface area contributed by atoms with E-state index in [4.69, 9.17) is 0 Å². The second-order valence-corrected chi connectivity index (χ2v) is 8.20. The summed E-state index contributed by atoms with van der Waals surface area (Å²) in [6, 6.07) is 0. The second kappa shape index (κ2) is 5.04. The minimum atomic E-state index is -2.86. The van der Waals surface area contributed by atoms with Gasteiger partial charge in [0.2, 0.25) is 0 Å². The van der Waals surface area contributed by atoms with Crippen molar-refractivity contribution in [1.29, 1.82) is 0 Å².